The Morgan fingerprint density at radius 2 is 2.23 bits per heavy atom. The molecule has 3 rings (SSSR count). The minimum absolute atomic E-state index is 0.187. The smallest absolute Gasteiger partial charge is 0.407 e. The summed E-state index contributed by atoms with van der Waals surface area (Å²) in [6.07, 6.45) is -0.437. The van der Waals surface area contributed by atoms with Gasteiger partial charge in [-0.15, -0.1) is 0 Å². The fraction of sp³-hybridized carbons (Fsp3) is 0.333. The van der Waals surface area contributed by atoms with E-state index in [1.54, 1.807) is 30.5 Å². The highest BCUT2D eigenvalue weighted by atomic mass is 35.5. The molecule has 1 amide bonds. The van der Waals surface area contributed by atoms with Crippen molar-refractivity contribution in [3.05, 3.63) is 53.3 Å². The molecule has 1 aromatic carbocycles. The quantitative estimate of drug-likeness (QED) is 0.860. The van der Waals surface area contributed by atoms with Gasteiger partial charge in [-0.1, -0.05) is 17.7 Å². The van der Waals surface area contributed by atoms with Gasteiger partial charge in [-0.25, -0.2) is 4.79 Å². The van der Waals surface area contributed by atoms with Crippen molar-refractivity contribution in [3.8, 4) is 11.5 Å². The van der Waals surface area contributed by atoms with Gasteiger partial charge in [-0.2, -0.15) is 0 Å². The predicted molar refractivity (Wildman–Crippen MR) is 94.9 cm³/mol. The number of ether oxygens (including phenoxy) is 3. The van der Waals surface area contributed by atoms with E-state index in [0.717, 1.165) is 0 Å². The van der Waals surface area contributed by atoms with Gasteiger partial charge in [0.1, 0.15) is 6.10 Å². The maximum absolute atomic E-state index is 11.3. The molecule has 1 saturated heterocycles. The molecule has 0 spiro atoms. The van der Waals surface area contributed by atoms with E-state index < -0.39 is 18.3 Å². The molecule has 2 heterocycles. The zero-order valence-corrected chi connectivity index (χ0v) is 14.9. The predicted octanol–water partition coefficient (Wildman–Crippen LogP) is 3.24. The number of methoxy groups -OCH3 is 1. The van der Waals surface area contributed by atoms with Crippen LogP contribution in [0.4, 0.5) is 4.79 Å². The third-order valence-electron chi connectivity index (χ3n) is 4.06. The highest BCUT2D eigenvalue weighted by molar-refractivity contribution is 6.30. The van der Waals surface area contributed by atoms with Crippen molar-refractivity contribution >= 4 is 17.7 Å². The number of hydrogen-bond donors (Lipinski definition) is 1. The lowest BCUT2D eigenvalue weighted by atomic mass is 10.1. The van der Waals surface area contributed by atoms with Gasteiger partial charge in [0.15, 0.2) is 17.6 Å². The number of rotatable bonds is 5. The van der Waals surface area contributed by atoms with Gasteiger partial charge in [-0.3, -0.25) is 4.98 Å². The Hall–Kier alpha value is -2.51. The van der Waals surface area contributed by atoms with Gasteiger partial charge in [0.25, 0.3) is 0 Å². The summed E-state index contributed by atoms with van der Waals surface area (Å²) in [5.41, 5.74) is 0.641. The number of pyridine rings is 1. The average Bonchev–Trinajstić information content (AvgIpc) is 2.67. The Labute approximate surface area is 156 Å². The SMILES string of the molecule is COc1cc(Cl)ccc1O[C@@H](c1ccccn1)[C@@H]1CN(C(=O)O)CCO1. The molecule has 26 heavy (non-hydrogen) atoms. The normalized spacial score (nSPS) is 18.2. The van der Waals surface area contributed by atoms with Crippen molar-refractivity contribution in [3.63, 3.8) is 0 Å². The van der Waals surface area contributed by atoms with Crippen LogP contribution in [0, 0.1) is 0 Å². The summed E-state index contributed by atoms with van der Waals surface area (Å²) in [5, 5.41) is 9.81. The van der Waals surface area contributed by atoms with Crippen molar-refractivity contribution in [1.29, 1.82) is 0 Å². The Bertz CT molecular complexity index is 759. The number of aromatic nitrogens is 1. The summed E-state index contributed by atoms with van der Waals surface area (Å²) >= 11 is 6.01. The minimum atomic E-state index is -0.984. The summed E-state index contributed by atoms with van der Waals surface area (Å²) in [6.45, 7) is 0.804. The molecule has 138 valence electrons. The topological polar surface area (TPSA) is 81.1 Å². The molecule has 2 atom stereocenters. The molecule has 8 heteroatoms. The summed E-state index contributed by atoms with van der Waals surface area (Å²) < 4.78 is 17.3. The number of morpholine rings is 1. The first-order valence-corrected chi connectivity index (χ1v) is 8.47. The van der Waals surface area contributed by atoms with E-state index in [9.17, 15) is 9.90 Å². The van der Waals surface area contributed by atoms with E-state index in [-0.39, 0.29) is 6.54 Å². The van der Waals surface area contributed by atoms with Gasteiger partial charge in [0.2, 0.25) is 0 Å². The van der Waals surface area contributed by atoms with E-state index in [1.807, 2.05) is 12.1 Å². The molecular weight excluding hydrogens is 360 g/mol. The largest absolute Gasteiger partial charge is 0.493 e. The van der Waals surface area contributed by atoms with Crippen LogP contribution in [-0.4, -0.2) is 54.0 Å². The third kappa shape index (κ3) is 4.17. The van der Waals surface area contributed by atoms with E-state index in [0.29, 0.717) is 35.4 Å². The molecule has 0 unspecified atom stereocenters. The molecule has 1 aliphatic rings. The van der Waals surface area contributed by atoms with Crippen LogP contribution in [0.2, 0.25) is 5.02 Å². The Morgan fingerprint density at radius 1 is 1.38 bits per heavy atom. The molecule has 1 aromatic heterocycles. The van der Waals surface area contributed by atoms with Crippen molar-refractivity contribution in [2.24, 2.45) is 0 Å². The second-order valence-corrected chi connectivity index (χ2v) is 6.16. The lowest BCUT2D eigenvalue weighted by Crippen LogP contribution is -2.48. The first kappa shape index (κ1) is 18.3. The van der Waals surface area contributed by atoms with Crippen LogP contribution in [0.25, 0.3) is 0 Å². The van der Waals surface area contributed by atoms with Crippen molar-refractivity contribution in [2.75, 3.05) is 26.8 Å². The molecule has 0 aliphatic carbocycles. The van der Waals surface area contributed by atoms with Crippen LogP contribution < -0.4 is 9.47 Å². The number of halogens is 1. The zero-order valence-electron chi connectivity index (χ0n) is 14.2. The lowest BCUT2D eigenvalue weighted by Gasteiger charge is -2.35. The molecule has 0 bridgehead atoms. The second kappa shape index (κ2) is 8.25. The highest BCUT2D eigenvalue weighted by Crippen LogP contribution is 2.35. The molecule has 7 nitrogen and oxygen atoms in total. The summed E-state index contributed by atoms with van der Waals surface area (Å²) in [4.78, 5) is 17.0. The van der Waals surface area contributed by atoms with Crippen LogP contribution >= 0.6 is 11.6 Å². The first-order chi connectivity index (χ1) is 12.6. The Kier molecular flexibility index (Phi) is 5.80. The van der Waals surface area contributed by atoms with E-state index in [4.69, 9.17) is 25.8 Å². The number of carboxylic acid groups (broad SMARTS) is 1. The number of hydrogen-bond acceptors (Lipinski definition) is 5. The third-order valence-corrected chi connectivity index (χ3v) is 4.30. The van der Waals surface area contributed by atoms with Gasteiger partial charge in [-0.05, 0) is 24.3 Å². The average molecular weight is 379 g/mol. The van der Waals surface area contributed by atoms with E-state index >= 15 is 0 Å². The van der Waals surface area contributed by atoms with Crippen molar-refractivity contribution in [2.45, 2.75) is 12.2 Å². The molecule has 1 aliphatic heterocycles. The van der Waals surface area contributed by atoms with Crippen LogP contribution in [0.15, 0.2) is 42.6 Å². The van der Waals surface area contributed by atoms with Gasteiger partial charge in [0.05, 0.1) is 26.0 Å². The molecule has 2 aromatic rings. The summed E-state index contributed by atoms with van der Waals surface area (Å²) in [6, 6.07) is 10.5. The molecule has 1 N–H and O–H groups in total. The van der Waals surface area contributed by atoms with Crippen molar-refractivity contribution in [1.82, 2.24) is 9.88 Å². The Morgan fingerprint density at radius 3 is 2.92 bits per heavy atom. The zero-order chi connectivity index (χ0) is 18.5. The number of amides is 1. The maximum atomic E-state index is 11.3. The monoisotopic (exact) mass is 378 g/mol. The number of carbonyl (C=O) groups is 1. The molecule has 0 radical (unpaired) electrons. The summed E-state index contributed by atoms with van der Waals surface area (Å²) in [7, 11) is 1.53. The van der Waals surface area contributed by atoms with Gasteiger partial charge < -0.3 is 24.2 Å². The van der Waals surface area contributed by atoms with Crippen LogP contribution in [0.3, 0.4) is 0 Å². The van der Waals surface area contributed by atoms with Crippen LogP contribution in [0.1, 0.15) is 11.8 Å². The first-order valence-electron chi connectivity index (χ1n) is 8.09. The molecule has 0 saturated carbocycles. The fourth-order valence-electron chi connectivity index (χ4n) is 2.78. The van der Waals surface area contributed by atoms with Crippen LogP contribution in [0.5, 0.6) is 11.5 Å². The van der Waals surface area contributed by atoms with Crippen molar-refractivity contribution < 1.29 is 24.1 Å². The molecule has 1 fully saturated rings. The number of nitrogens with zero attached hydrogens (tertiary/aromatic N) is 2. The lowest BCUT2D eigenvalue weighted by molar-refractivity contribution is -0.0768. The minimum Gasteiger partial charge on any atom is -0.493 e. The van der Waals surface area contributed by atoms with Crippen LogP contribution in [-0.2, 0) is 4.74 Å². The second-order valence-electron chi connectivity index (χ2n) is 5.73. The summed E-state index contributed by atoms with van der Waals surface area (Å²) in [5.74, 6) is 0.952. The maximum Gasteiger partial charge on any atom is 0.407 e. The molecular formula is C18H19ClN2O5. The Balaban J connectivity index is 1.91. The fourth-order valence-corrected chi connectivity index (χ4v) is 2.94. The standard InChI is InChI=1S/C18H19ClN2O5/c1-24-15-10-12(19)5-6-14(15)26-17(13-4-2-3-7-20-13)16-11-21(18(22)23)8-9-25-16/h2-7,10,16-17H,8-9,11H2,1H3,(H,22,23)/t16-,17-/m0/s1. The van der Waals surface area contributed by atoms with Gasteiger partial charge in [0, 0.05) is 23.8 Å². The van der Waals surface area contributed by atoms with E-state index in [1.165, 1.54) is 12.0 Å². The van der Waals surface area contributed by atoms with Gasteiger partial charge >= 0.3 is 6.09 Å². The highest BCUT2D eigenvalue weighted by Gasteiger charge is 2.34. The number of benzene rings is 1. The van der Waals surface area contributed by atoms with E-state index in [2.05, 4.69) is 4.98 Å².